The molecule has 1 heterocycles. The fourth-order valence-electron chi connectivity index (χ4n) is 5.74. The quantitative estimate of drug-likeness (QED) is 0.247. The molecule has 3 fully saturated rings. The van der Waals surface area contributed by atoms with Crippen molar-refractivity contribution >= 4 is 34.9 Å². The van der Waals surface area contributed by atoms with E-state index in [0.29, 0.717) is 0 Å². The van der Waals surface area contributed by atoms with E-state index in [9.17, 15) is 39.4 Å². The molecule has 5 rings (SSSR count). The number of amides is 3. The van der Waals surface area contributed by atoms with Gasteiger partial charge in [0.15, 0.2) is 5.78 Å². The minimum Gasteiger partial charge on any atom is -0.292 e. The van der Waals surface area contributed by atoms with Crippen LogP contribution in [0.2, 0.25) is 0 Å². The highest BCUT2D eigenvalue weighted by Crippen LogP contribution is 2.56. The first-order valence-corrected chi connectivity index (χ1v) is 11.4. The van der Waals surface area contributed by atoms with Gasteiger partial charge in [-0.15, -0.1) is 0 Å². The third-order valence-electron chi connectivity index (χ3n) is 7.40. The number of hydrogen-bond donors (Lipinski definition) is 0. The molecule has 3 aliphatic rings. The van der Waals surface area contributed by atoms with Crippen molar-refractivity contribution < 1.29 is 29.0 Å². The highest BCUT2D eigenvalue weighted by atomic mass is 16.6. The standard InChI is InChI=1S/C24H20N4O8/c29-19(13-3-7-17(8-4-13)27(33)34)12-25(22(30)14-5-9-18(10-6-14)28(35)36)26-23(31)20-15-1-2-16(11-15)21(20)24(26)32/h3-10,15-16,20-21H,1-2,11-12H2/t15-,16-,20-,21+/m0/s1. The van der Waals surface area contributed by atoms with E-state index in [1.807, 2.05) is 0 Å². The van der Waals surface area contributed by atoms with Gasteiger partial charge >= 0.3 is 0 Å². The number of ketones is 1. The normalized spacial score (nSPS) is 24.1. The van der Waals surface area contributed by atoms with Gasteiger partial charge < -0.3 is 0 Å². The summed E-state index contributed by atoms with van der Waals surface area (Å²) in [6.45, 7) is -0.667. The van der Waals surface area contributed by atoms with E-state index in [1.165, 1.54) is 24.3 Å². The van der Waals surface area contributed by atoms with Crippen LogP contribution >= 0.6 is 0 Å². The van der Waals surface area contributed by atoms with Crippen LogP contribution in [0.15, 0.2) is 48.5 Å². The van der Waals surface area contributed by atoms with Crippen molar-refractivity contribution in [2.45, 2.75) is 19.3 Å². The highest BCUT2D eigenvalue weighted by molar-refractivity contribution is 6.10. The summed E-state index contributed by atoms with van der Waals surface area (Å²) in [6.07, 6.45) is 2.45. The summed E-state index contributed by atoms with van der Waals surface area (Å²) in [7, 11) is 0. The van der Waals surface area contributed by atoms with Crippen LogP contribution in [0, 0.1) is 43.9 Å². The second-order valence-electron chi connectivity index (χ2n) is 9.27. The maximum absolute atomic E-state index is 13.5. The van der Waals surface area contributed by atoms with Gasteiger partial charge in [-0.2, -0.15) is 5.01 Å². The molecule has 2 bridgehead atoms. The van der Waals surface area contributed by atoms with E-state index in [1.54, 1.807) is 0 Å². The SMILES string of the molecule is O=C(CN(C(=O)c1ccc([N+](=O)[O-])cc1)N1C(=O)[C@@H]2[C@H]3CC[C@@H](C3)[C@@H]2C1=O)c1ccc([N+](=O)[O-])cc1. The second kappa shape index (κ2) is 8.63. The summed E-state index contributed by atoms with van der Waals surface area (Å²) in [6, 6.07) is 9.38. The molecular weight excluding hydrogens is 472 g/mol. The Morgan fingerprint density at radius 1 is 0.806 bits per heavy atom. The molecule has 12 heteroatoms. The van der Waals surface area contributed by atoms with Crippen molar-refractivity contribution in [1.82, 2.24) is 10.0 Å². The fraction of sp³-hybridized carbons (Fsp3) is 0.333. The Morgan fingerprint density at radius 3 is 1.69 bits per heavy atom. The number of benzene rings is 2. The van der Waals surface area contributed by atoms with Gasteiger partial charge in [0.05, 0.1) is 21.7 Å². The number of nitro groups is 2. The molecular formula is C24H20N4O8. The lowest BCUT2D eigenvalue weighted by atomic mass is 9.81. The van der Waals surface area contributed by atoms with Crippen LogP contribution in [0.25, 0.3) is 0 Å². The Labute approximate surface area is 203 Å². The van der Waals surface area contributed by atoms with Gasteiger partial charge in [-0.25, -0.2) is 5.01 Å². The van der Waals surface area contributed by atoms with Crippen LogP contribution in [-0.4, -0.2) is 49.9 Å². The van der Waals surface area contributed by atoms with Crippen molar-refractivity contribution in [3.63, 3.8) is 0 Å². The average molecular weight is 492 g/mol. The van der Waals surface area contributed by atoms with Crippen molar-refractivity contribution in [2.75, 3.05) is 6.54 Å². The number of rotatable bonds is 7. The molecule has 1 aliphatic heterocycles. The predicted octanol–water partition coefficient (Wildman–Crippen LogP) is 2.77. The molecule has 184 valence electrons. The third-order valence-corrected chi connectivity index (χ3v) is 7.40. The monoisotopic (exact) mass is 492 g/mol. The third kappa shape index (κ3) is 3.70. The van der Waals surface area contributed by atoms with Crippen molar-refractivity contribution in [1.29, 1.82) is 0 Å². The van der Waals surface area contributed by atoms with Crippen LogP contribution in [0.3, 0.4) is 0 Å². The summed E-state index contributed by atoms with van der Waals surface area (Å²) in [4.78, 5) is 74.0. The first-order valence-electron chi connectivity index (χ1n) is 11.4. The van der Waals surface area contributed by atoms with Gasteiger partial charge in [0.25, 0.3) is 29.1 Å². The van der Waals surface area contributed by atoms with Gasteiger partial charge in [0.2, 0.25) is 0 Å². The van der Waals surface area contributed by atoms with Crippen LogP contribution < -0.4 is 0 Å². The second-order valence-corrected chi connectivity index (χ2v) is 9.27. The van der Waals surface area contributed by atoms with Gasteiger partial charge in [0.1, 0.15) is 6.54 Å². The molecule has 3 amide bonds. The van der Waals surface area contributed by atoms with Crippen LogP contribution in [0.5, 0.6) is 0 Å². The zero-order valence-electron chi connectivity index (χ0n) is 18.8. The number of nitrogens with zero attached hydrogens (tertiary/aromatic N) is 4. The molecule has 0 N–H and O–H groups in total. The first-order chi connectivity index (χ1) is 17.2. The molecule has 12 nitrogen and oxygen atoms in total. The minimum absolute atomic E-state index is 0.0438. The molecule has 0 unspecified atom stereocenters. The summed E-state index contributed by atoms with van der Waals surface area (Å²) in [5.41, 5.74) is -0.461. The van der Waals surface area contributed by atoms with E-state index < -0.39 is 51.7 Å². The van der Waals surface area contributed by atoms with E-state index in [-0.39, 0.29) is 34.3 Å². The zero-order valence-corrected chi connectivity index (χ0v) is 18.8. The fourth-order valence-corrected chi connectivity index (χ4v) is 5.74. The zero-order chi connectivity index (χ0) is 25.7. The number of imide groups is 1. The van der Waals surface area contributed by atoms with Crippen LogP contribution in [0.4, 0.5) is 11.4 Å². The molecule has 36 heavy (non-hydrogen) atoms. The molecule has 2 aromatic carbocycles. The molecule has 0 spiro atoms. The number of carbonyl (C=O) groups is 4. The number of non-ortho nitro benzene ring substituents is 2. The Hall–Kier alpha value is -4.48. The average Bonchev–Trinajstić information content (AvgIpc) is 3.56. The summed E-state index contributed by atoms with van der Waals surface area (Å²) in [5.74, 6) is -3.47. The molecule has 4 atom stereocenters. The number of fused-ring (bicyclic) bond motifs is 5. The lowest BCUT2D eigenvalue weighted by molar-refractivity contribution is -0.385. The lowest BCUT2D eigenvalue weighted by Gasteiger charge is -2.30. The van der Waals surface area contributed by atoms with Crippen molar-refractivity contribution in [3.8, 4) is 0 Å². The predicted molar refractivity (Wildman–Crippen MR) is 121 cm³/mol. The highest BCUT2D eigenvalue weighted by Gasteiger charge is 2.62. The van der Waals surface area contributed by atoms with E-state index in [2.05, 4.69) is 0 Å². The Kier molecular flexibility index (Phi) is 5.58. The minimum atomic E-state index is -0.839. The van der Waals surface area contributed by atoms with Gasteiger partial charge in [0, 0.05) is 35.4 Å². The van der Waals surface area contributed by atoms with Crippen molar-refractivity contribution in [3.05, 3.63) is 79.9 Å². The maximum Gasteiger partial charge on any atom is 0.273 e. The first kappa shape index (κ1) is 23.3. The molecule has 2 aliphatic carbocycles. The van der Waals surface area contributed by atoms with Crippen molar-refractivity contribution in [2.24, 2.45) is 23.7 Å². The van der Waals surface area contributed by atoms with Gasteiger partial charge in [-0.3, -0.25) is 39.4 Å². The topological polar surface area (TPSA) is 161 Å². The van der Waals surface area contributed by atoms with E-state index in [4.69, 9.17) is 0 Å². The number of Topliss-reactive ketones (excluding diaryl/α,β-unsaturated/α-hetero) is 1. The molecule has 1 saturated heterocycles. The largest absolute Gasteiger partial charge is 0.292 e. The smallest absolute Gasteiger partial charge is 0.273 e. The van der Waals surface area contributed by atoms with E-state index in [0.717, 1.165) is 53.5 Å². The maximum atomic E-state index is 13.5. The lowest BCUT2D eigenvalue weighted by Crippen LogP contribution is -2.52. The summed E-state index contributed by atoms with van der Waals surface area (Å²) < 4.78 is 0. The molecule has 2 aromatic rings. The Morgan fingerprint density at radius 2 is 1.25 bits per heavy atom. The molecule has 0 aromatic heterocycles. The van der Waals surface area contributed by atoms with Crippen LogP contribution in [-0.2, 0) is 9.59 Å². The Balaban J connectivity index is 1.48. The molecule has 0 radical (unpaired) electrons. The number of carbonyl (C=O) groups excluding carboxylic acids is 4. The Bertz CT molecular complexity index is 1280. The van der Waals surface area contributed by atoms with E-state index >= 15 is 0 Å². The van der Waals surface area contributed by atoms with Gasteiger partial charge in [-0.1, -0.05) is 0 Å². The van der Waals surface area contributed by atoms with Crippen LogP contribution in [0.1, 0.15) is 40.0 Å². The summed E-state index contributed by atoms with van der Waals surface area (Å²) >= 11 is 0. The number of hydrogen-bond acceptors (Lipinski definition) is 8. The number of nitro benzene ring substituents is 2. The molecule has 2 saturated carbocycles. The van der Waals surface area contributed by atoms with Gasteiger partial charge in [-0.05, 0) is 55.4 Å². The summed E-state index contributed by atoms with van der Waals surface area (Å²) in [5, 5.41) is 23.5. The number of hydrazine groups is 1.